The van der Waals surface area contributed by atoms with Crippen molar-refractivity contribution in [1.29, 1.82) is 0 Å². The van der Waals surface area contributed by atoms with Gasteiger partial charge in [0.25, 0.3) is 5.17 Å². The van der Waals surface area contributed by atoms with Crippen LogP contribution in [-0.2, 0) is 17.0 Å². The van der Waals surface area contributed by atoms with Crippen LogP contribution in [0.4, 0.5) is 4.39 Å². The number of benzene rings is 1. The highest BCUT2D eigenvalue weighted by Crippen LogP contribution is 2.30. The Morgan fingerprint density at radius 2 is 2.09 bits per heavy atom. The van der Waals surface area contributed by atoms with Gasteiger partial charge in [-0.05, 0) is 29.9 Å². The maximum atomic E-state index is 15.5. The zero-order valence-corrected chi connectivity index (χ0v) is 13.9. The summed E-state index contributed by atoms with van der Waals surface area (Å²) >= 11 is 10.9. The number of halogens is 2. The molecule has 1 aromatic heterocycles. The molecule has 7 heteroatoms. The lowest BCUT2D eigenvalue weighted by Crippen LogP contribution is -2.35. The summed E-state index contributed by atoms with van der Waals surface area (Å²) < 4.78 is 22.6. The van der Waals surface area contributed by atoms with Gasteiger partial charge in [0.2, 0.25) is 0 Å². The fourth-order valence-corrected chi connectivity index (χ4v) is 2.13. The van der Waals surface area contributed by atoms with Crippen LogP contribution >= 0.6 is 23.8 Å². The zero-order valence-electron chi connectivity index (χ0n) is 12.4. The number of alkyl halides is 1. The summed E-state index contributed by atoms with van der Waals surface area (Å²) in [5.41, 5.74) is -1.27. The predicted octanol–water partition coefficient (Wildman–Crippen LogP) is 3.26. The highest BCUT2D eigenvalue weighted by Gasteiger charge is 2.34. The van der Waals surface area contributed by atoms with Crippen molar-refractivity contribution in [3.8, 4) is 0 Å². The zero-order chi connectivity index (χ0) is 16.2. The number of thiocarbonyl (C=S) groups is 1. The Hall–Kier alpha value is -1.66. The van der Waals surface area contributed by atoms with E-state index >= 15 is 4.39 Å². The number of rotatable bonds is 5. The van der Waals surface area contributed by atoms with Gasteiger partial charge in [-0.25, -0.2) is 9.37 Å². The molecule has 0 spiro atoms. The first-order valence-electron chi connectivity index (χ1n) is 6.65. The van der Waals surface area contributed by atoms with Gasteiger partial charge in [0.05, 0.1) is 12.9 Å². The molecule has 118 valence electrons. The summed E-state index contributed by atoms with van der Waals surface area (Å²) in [6, 6.07) is 6.62. The van der Waals surface area contributed by atoms with Crippen LogP contribution in [0.3, 0.4) is 0 Å². The summed E-state index contributed by atoms with van der Waals surface area (Å²) in [5.74, 6) is 0. The Balaban J connectivity index is 2.23. The van der Waals surface area contributed by atoms with Gasteiger partial charge in [-0.2, -0.15) is 0 Å². The minimum Gasteiger partial charge on any atom is -0.467 e. The third kappa shape index (κ3) is 4.18. The first-order valence-corrected chi connectivity index (χ1v) is 7.44. The Kier molecular flexibility index (Phi) is 5.37. The molecule has 0 aliphatic carbocycles. The standard InChI is InChI=1S/C15H17ClFN3OS/c1-19(2)14(22)21-10-15(17,9-20-8-7-18-11-20)12-3-5-13(16)6-4-12/h3-8,11H,9-10H2,1-2H3. The van der Waals surface area contributed by atoms with Crippen molar-refractivity contribution in [2.24, 2.45) is 0 Å². The maximum absolute atomic E-state index is 15.5. The van der Waals surface area contributed by atoms with Gasteiger partial charge in [-0.3, -0.25) is 0 Å². The molecule has 0 N–H and O–H groups in total. The van der Waals surface area contributed by atoms with Gasteiger partial charge in [-0.15, -0.1) is 0 Å². The monoisotopic (exact) mass is 341 g/mol. The fraction of sp³-hybridized carbons (Fsp3) is 0.333. The van der Waals surface area contributed by atoms with Crippen molar-refractivity contribution in [1.82, 2.24) is 14.5 Å². The van der Waals surface area contributed by atoms with Gasteiger partial charge < -0.3 is 14.2 Å². The van der Waals surface area contributed by atoms with Gasteiger partial charge in [0.1, 0.15) is 6.61 Å². The molecule has 0 bridgehead atoms. The van der Waals surface area contributed by atoms with E-state index in [-0.39, 0.29) is 18.3 Å². The smallest absolute Gasteiger partial charge is 0.258 e. The molecular formula is C15H17ClFN3OS. The van der Waals surface area contributed by atoms with E-state index in [1.54, 1.807) is 66.5 Å². The topological polar surface area (TPSA) is 30.3 Å². The molecule has 1 atom stereocenters. The number of hydrogen-bond donors (Lipinski definition) is 0. The summed E-state index contributed by atoms with van der Waals surface area (Å²) in [6.45, 7) is -0.117. The average molecular weight is 342 g/mol. The normalized spacial score (nSPS) is 13.5. The molecule has 4 nitrogen and oxygen atoms in total. The van der Waals surface area contributed by atoms with Crippen LogP contribution in [0, 0.1) is 0 Å². The van der Waals surface area contributed by atoms with Gasteiger partial charge in [-0.1, -0.05) is 23.7 Å². The molecule has 1 unspecified atom stereocenters. The van der Waals surface area contributed by atoms with Crippen molar-refractivity contribution in [3.05, 3.63) is 53.6 Å². The van der Waals surface area contributed by atoms with Gasteiger partial charge in [0.15, 0.2) is 5.67 Å². The highest BCUT2D eigenvalue weighted by molar-refractivity contribution is 7.80. The first kappa shape index (κ1) is 16.7. The Morgan fingerprint density at radius 1 is 1.41 bits per heavy atom. The third-order valence-corrected chi connectivity index (χ3v) is 3.88. The minimum absolute atomic E-state index is 0.0741. The lowest BCUT2D eigenvalue weighted by molar-refractivity contribution is 0.0533. The van der Waals surface area contributed by atoms with E-state index < -0.39 is 5.67 Å². The van der Waals surface area contributed by atoms with Crippen LogP contribution in [0.2, 0.25) is 5.02 Å². The number of hydrogen-bond acceptors (Lipinski definition) is 3. The molecule has 0 saturated carbocycles. The largest absolute Gasteiger partial charge is 0.467 e. The molecule has 22 heavy (non-hydrogen) atoms. The summed E-state index contributed by atoms with van der Waals surface area (Å²) in [4.78, 5) is 5.56. The van der Waals surface area contributed by atoms with Crippen molar-refractivity contribution in [3.63, 3.8) is 0 Å². The summed E-state index contributed by atoms with van der Waals surface area (Å²) in [6.07, 6.45) is 4.87. The Bertz CT molecular complexity index is 618. The van der Waals surface area contributed by atoms with Crippen LogP contribution < -0.4 is 0 Å². The second-order valence-corrected chi connectivity index (χ2v) is 5.94. The van der Waals surface area contributed by atoms with E-state index in [0.717, 1.165) is 0 Å². The molecule has 1 aromatic carbocycles. The van der Waals surface area contributed by atoms with Crippen LogP contribution in [0.1, 0.15) is 5.56 Å². The molecule has 0 amide bonds. The maximum Gasteiger partial charge on any atom is 0.258 e. The molecule has 0 fully saturated rings. The molecule has 0 saturated heterocycles. The lowest BCUT2D eigenvalue weighted by atomic mass is 9.96. The Labute approximate surface area is 139 Å². The van der Waals surface area contributed by atoms with Crippen LogP contribution in [0.25, 0.3) is 0 Å². The number of aromatic nitrogens is 2. The number of ether oxygens (including phenoxy) is 1. The van der Waals surface area contributed by atoms with Crippen molar-refractivity contribution >= 4 is 29.0 Å². The molecule has 2 rings (SSSR count). The summed E-state index contributed by atoms with van der Waals surface area (Å²) in [7, 11) is 3.50. The molecular weight excluding hydrogens is 325 g/mol. The first-order chi connectivity index (χ1) is 10.4. The molecule has 0 aliphatic heterocycles. The van der Waals surface area contributed by atoms with E-state index in [1.807, 2.05) is 0 Å². The molecule has 0 radical (unpaired) electrons. The predicted molar refractivity (Wildman–Crippen MR) is 88.7 cm³/mol. The number of imidazole rings is 1. The van der Waals surface area contributed by atoms with E-state index in [2.05, 4.69) is 4.98 Å². The van der Waals surface area contributed by atoms with Crippen LogP contribution in [-0.4, -0.2) is 40.3 Å². The number of nitrogens with zero attached hydrogens (tertiary/aromatic N) is 3. The third-order valence-electron chi connectivity index (χ3n) is 3.14. The highest BCUT2D eigenvalue weighted by atomic mass is 35.5. The molecule has 1 heterocycles. The molecule has 0 aliphatic rings. The van der Waals surface area contributed by atoms with Gasteiger partial charge >= 0.3 is 0 Å². The SMILES string of the molecule is CN(C)C(=S)OCC(F)(Cn1ccnc1)c1ccc(Cl)cc1. The second-order valence-electron chi connectivity index (χ2n) is 5.16. The fourth-order valence-electron chi connectivity index (χ4n) is 1.94. The van der Waals surface area contributed by atoms with E-state index in [4.69, 9.17) is 28.6 Å². The van der Waals surface area contributed by atoms with Gasteiger partial charge in [0, 0.05) is 31.5 Å². The Morgan fingerprint density at radius 3 is 2.64 bits per heavy atom. The van der Waals surface area contributed by atoms with Crippen LogP contribution in [0.15, 0.2) is 43.0 Å². The average Bonchev–Trinajstić information content (AvgIpc) is 2.98. The van der Waals surface area contributed by atoms with Crippen LogP contribution in [0.5, 0.6) is 0 Å². The van der Waals surface area contributed by atoms with E-state index in [0.29, 0.717) is 10.6 Å². The van der Waals surface area contributed by atoms with E-state index in [9.17, 15) is 0 Å². The van der Waals surface area contributed by atoms with E-state index in [1.165, 1.54) is 0 Å². The minimum atomic E-state index is -1.74. The lowest BCUT2D eigenvalue weighted by Gasteiger charge is -2.27. The summed E-state index contributed by atoms with van der Waals surface area (Å²) in [5, 5.41) is 0.792. The molecule has 2 aromatic rings. The van der Waals surface area contributed by atoms with Crippen molar-refractivity contribution in [2.45, 2.75) is 12.2 Å². The quantitative estimate of drug-likeness (QED) is 0.781. The second kappa shape index (κ2) is 7.07. The van der Waals surface area contributed by atoms with Crippen molar-refractivity contribution in [2.75, 3.05) is 20.7 Å². The van der Waals surface area contributed by atoms with Crippen molar-refractivity contribution < 1.29 is 9.13 Å².